The molecule has 0 aromatic carbocycles. The minimum atomic E-state index is 0.475. The van der Waals surface area contributed by atoms with E-state index in [4.69, 9.17) is 0 Å². The van der Waals surface area contributed by atoms with Gasteiger partial charge in [-0.2, -0.15) is 0 Å². The van der Waals surface area contributed by atoms with Gasteiger partial charge in [-0.15, -0.1) is 0 Å². The van der Waals surface area contributed by atoms with Crippen LogP contribution in [0.1, 0.15) is 71.6 Å². The molecule has 0 bridgehead atoms. The number of nitrogens with zero attached hydrogens (tertiary/aromatic N) is 1. The first-order valence-electron chi connectivity index (χ1n) is 9.18. The van der Waals surface area contributed by atoms with Crippen LogP contribution in [0.15, 0.2) is 0 Å². The molecule has 20 heavy (non-hydrogen) atoms. The lowest BCUT2D eigenvalue weighted by atomic mass is 9.78. The molecular weight excluding hydrogens is 244 g/mol. The SMILES string of the molecule is CC(C)C1CNC2(CCCCC2)CN1CCCC1CC1. The fourth-order valence-electron chi connectivity index (χ4n) is 4.47. The molecule has 1 atom stereocenters. The van der Waals surface area contributed by atoms with Crippen LogP contribution in [0.2, 0.25) is 0 Å². The Morgan fingerprint density at radius 1 is 1.15 bits per heavy atom. The summed E-state index contributed by atoms with van der Waals surface area (Å²) in [5.74, 6) is 1.88. The summed E-state index contributed by atoms with van der Waals surface area (Å²) in [6, 6.07) is 0.766. The molecule has 1 spiro atoms. The van der Waals surface area contributed by atoms with E-state index >= 15 is 0 Å². The third-order valence-electron chi connectivity index (χ3n) is 6.00. The fraction of sp³-hybridized carbons (Fsp3) is 1.00. The summed E-state index contributed by atoms with van der Waals surface area (Å²) < 4.78 is 0. The van der Waals surface area contributed by atoms with Crippen LogP contribution in [-0.4, -0.2) is 36.1 Å². The van der Waals surface area contributed by atoms with Gasteiger partial charge >= 0.3 is 0 Å². The molecule has 0 radical (unpaired) electrons. The van der Waals surface area contributed by atoms with E-state index in [-0.39, 0.29) is 0 Å². The van der Waals surface area contributed by atoms with Crippen molar-refractivity contribution in [2.24, 2.45) is 11.8 Å². The third-order valence-corrected chi connectivity index (χ3v) is 6.00. The van der Waals surface area contributed by atoms with E-state index < -0.39 is 0 Å². The van der Waals surface area contributed by atoms with E-state index in [0.717, 1.165) is 17.9 Å². The Morgan fingerprint density at radius 2 is 1.90 bits per heavy atom. The van der Waals surface area contributed by atoms with E-state index in [1.807, 2.05) is 0 Å². The second kappa shape index (κ2) is 6.36. The maximum Gasteiger partial charge on any atom is 0.0309 e. The second-order valence-corrected chi connectivity index (χ2v) is 8.09. The van der Waals surface area contributed by atoms with Crippen molar-refractivity contribution in [1.29, 1.82) is 0 Å². The molecule has 116 valence electrons. The molecule has 1 heterocycles. The molecule has 3 fully saturated rings. The van der Waals surface area contributed by atoms with Crippen LogP contribution < -0.4 is 5.32 Å². The van der Waals surface area contributed by atoms with E-state index in [2.05, 4.69) is 24.1 Å². The molecule has 3 rings (SSSR count). The van der Waals surface area contributed by atoms with Crippen molar-refractivity contribution >= 4 is 0 Å². The summed E-state index contributed by atoms with van der Waals surface area (Å²) >= 11 is 0. The summed E-state index contributed by atoms with van der Waals surface area (Å²) in [5.41, 5.74) is 0.475. The molecule has 0 aromatic heterocycles. The Kier molecular flexibility index (Phi) is 4.72. The first-order chi connectivity index (χ1) is 9.69. The highest BCUT2D eigenvalue weighted by Crippen LogP contribution is 2.35. The molecule has 1 unspecified atom stereocenters. The zero-order valence-corrected chi connectivity index (χ0v) is 13.7. The number of piperazine rings is 1. The van der Waals surface area contributed by atoms with Crippen LogP contribution >= 0.6 is 0 Å². The van der Waals surface area contributed by atoms with Crippen molar-refractivity contribution in [3.8, 4) is 0 Å². The number of hydrogen-bond donors (Lipinski definition) is 1. The minimum absolute atomic E-state index is 0.475. The molecule has 1 aliphatic heterocycles. The molecule has 2 heteroatoms. The monoisotopic (exact) mass is 278 g/mol. The highest BCUT2D eigenvalue weighted by molar-refractivity contribution is 5.00. The van der Waals surface area contributed by atoms with Gasteiger partial charge in [-0.1, -0.05) is 46.0 Å². The smallest absolute Gasteiger partial charge is 0.0309 e. The van der Waals surface area contributed by atoms with Gasteiger partial charge in [0, 0.05) is 24.7 Å². The lowest BCUT2D eigenvalue weighted by molar-refractivity contribution is 0.0352. The maximum absolute atomic E-state index is 3.97. The van der Waals surface area contributed by atoms with Crippen LogP contribution in [-0.2, 0) is 0 Å². The Labute approximate surface area is 125 Å². The number of nitrogens with one attached hydrogen (secondary N) is 1. The molecule has 0 amide bonds. The predicted molar refractivity (Wildman–Crippen MR) is 86.0 cm³/mol. The van der Waals surface area contributed by atoms with E-state index in [1.54, 1.807) is 0 Å². The summed E-state index contributed by atoms with van der Waals surface area (Å²) in [6.07, 6.45) is 13.1. The van der Waals surface area contributed by atoms with Crippen molar-refractivity contribution < 1.29 is 0 Å². The average molecular weight is 278 g/mol. The summed E-state index contributed by atoms with van der Waals surface area (Å²) in [6.45, 7) is 8.70. The summed E-state index contributed by atoms with van der Waals surface area (Å²) in [4.78, 5) is 2.86. The highest BCUT2D eigenvalue weighted by Gasteiger charge is 2.40. The van der Waals surface area contributed by atoms with Gasteiger partial charge in [0.1, 0.15) is 0 Å². The van der Waals surface area contributed by atoms with Crippen LogP contribution in [0.4, 0.5) is 0 Å². The molecule has 2 nitrogen and oxygen atoms in total. The normalized spacial score (nSPS) is 31.1. The van der Waals surface area contributed by atoms with Gasteiger partial charge in [0.15, 0.2) is 0 Å². The lowest BCUT2D eigenvalue weighted by Gasteiger charge is -2.51. The van der Waals surface area contributed by atoms with E-state index in [0.29, 0.717) is 5.54 Å². The van der Waals surface area contributed by atoms with Crippen LogP contribution in [0.25, 0.3) is 0 Å². The Hall–Kier alpha value is -0.0800. The van der Waals surface area contributed by atoms with E-state index in [1.165, 1.54) is 77.4 Å². The Balaban J connectivity index is 1.57. The number of hydrogen-bond acceptors (Lipinski definition) is 2. The fourth-order valence-corrected chi connectivity index (χ4v) is 4.47. The van der Waals surface area contributed by atoms with Gasteiger partial charge in [-0.05, 0) is 44.1 Å². The van der Waals surface area contributed by atoms with Gasteiger partial charge in [0.05, 0.1) is 0 Å². The highest BCUT2D eigenvalue weighted by atomic mass is 15.3. The Morgan fingerprint density at radius 3 is 2.55 bits per heavy atom. The van der Waals surface area contributed by atoms with Crippen molar-refractivity contribution in [3.05, 3.63) is 0 Å². The standard InChI is InChI=1S/C18H34N2/c1-15(2)17-13-19-18(10-4-3-5-11-18)14-20(17)12-6-7-16-8-9-16/h15-17,19H,3-14H2,1-2H3. The lowest BCUT2D eigenvalue weighted by Crippen LogP contribution is -2.65. The van der Waals surface area contributed by atoms with E-state index in [9.17, 15) is 0 Å². The van der Waals surface area contributed by atoms with Gasteiger partial charge < -0.3 is 5.32 Å². The molecule has 2 saturated carbocycles. The molecular formula is C18H34N2. The maximum atomic E-state index is 3.97. The number of rotatable bonds is 5. The summed E-state index contributed by atoms with van der Waals surface area (Å²) in [5, 5.41) is 3.97. The summed E-state index contributed by atoms with van der Waals surface area (Å²) in [7, 11) is 0. The van der Waals surface area contributed by atoms with Gasteiger partial charge in [-0.3, -0.25) is 4.90 Å². The van der Waals surface area contributed by atoms with Crippen LogP contribution in [0, 0.1) is 11.8 Å². The van der Waals surface area contributed by atoms with Gasteiger partial charge in [0.25, 0.3) is 0 Å². The zero-order valence-electron chi connectivity index (χ0n) is 13.7. The van der Waals surface area contributed by atoms with Crippen LogP contribution in [0.3, 0.4) is 0 Å². The average Bonchev–Trinajstić information content (AvgIpc) is 3.24. The third kappa shape index (κ3) is 3.57. The molecule has 0 aromatic rings. The first kappa shape index (κ1) is 14.8. The molecule has 3 aliphatic rings. The van der Waals surface area contributed by atoms with Gasteiger partial charge in [-0.25, -0.2) is 0 Å². The first-order valence-corrected chi connectivity index (χ1v) is 9.18. The van der Waals surface area contributed by atoms with Crippen LogP contribution in [0.5, 0.6) is 0 Å². The second-order valence-electron chi connectivity index (χ2n) is 8.09. The van der Waals surface area contributed by atoms with Crippen molar-refractivity contribution in [3.63, 3.8) is 0 Å². The Bertz CT molecular complexity index is 303. The molecule has 1 saturated heterocycles. The molecule has 1 N–H and O–H groups in total. The molecule has 2 aliphatic carbocycles. The predicted octanol–water partition coefficient (Wildman–Crippen LogP) is 3.81. The van der Waals surface area contributed by atoms with Crippen molar-refractivity contribution in [2.75, 3.05) is 19.6 Å². The minimum Gasteiger partial charge on any atom is -0.308 e. The quantitative estimate of drug-likeness (QED) is 0.822. The van der Waals surface area contributed by atoms with Gasteiger partial charge in [0.2, 0.25) is 0 Å². The largest absolute Gasteiger partial charge is 0.308 e. The topological polar surface area (TPSA) is 15.3 Å². The van der Waals surface area contributed by atoms with Crippen molar-refractivity contribution in [2.45, 2.75) is 83.2 Å². The zero-order chi connectivity index (χ0) is 14.0. The van der Waals surface area contributed by atoms with Crippen molar-refractivity contribution in [1.82, 2.24) is 10.2 Å².